The van der Waals surface area contributed by atoms with E-state index in [1.807, 2.05) is 45.0 Å². The fourth-order valence-electron chi connectivity index (χ4n) is 7.20. The SMILES string of the molecule is CCC(CC(=O)O)c1ccc(OCCCc2ccccc2)c(NC(=O)C[C@H]2O[C@H](c3cccc(OC)c3OC)c3cc(Cl)ccc3N(CC(C)(C)COC(C)=O)C2=O)c1. The summed E-state index contributed by atoms with van der Waals surface area (Å²) in [7, 11) is 3.02. The topological polar surface area (TPSA) is 150 Å². The van der Waals surface area contributed by atoms with Crippen LogP contribution >= 0.6 is 11.6 Å². The first-order valence-corrected chi connectivity index (χ1v) is 20.0. The van der Waals surface area contributed by atoms with Gasteiger partial charge in [0.25, 0.3) is 5.91 Å². The number of rotatable bonds is 19. The number of hydrogen-bond donors (Lipinski definition) is 2. The molecule has 0 saturated carbocycles. The van der Waals surface area contributed by atoms with E-state index in [1.54, 1.807) is 53.4 Å². The zero-order valence-corrected chi connectivity index (χ0v) is 35.2. The van der Waals surface area contributed by atoms with Crippen molar-refractivity contribution in [1.29, 1.82) is 0 Å². The molecule has 0 spiro atoms. The third-order valence-corrected chi connectivity index (χ3v) is 10.4. The lowest BCUT2D eigenvalue weighted by Gasteiger charge is -2.33. The Hall–Kier alpha value is -5.59. The second-order valence-electron chi connectivity index (χ2n) is 15.3. The second-order valence-corrected chi connectivity index (χ2v) is 15.7. The molecule has 0 saturated heterocycles. The second kappa shape index (κ2) is 20.4. The van der Waals surface area contributed by atoms with E-state index < -0.39 is 47.8 Å². The summed E-state index contributed by atoms with van der Waals surface area (Å²) in [5, 5.41) is 13.0. The standard InChI is InChI=1S/C46H53ClN2O10/c1-7-31(24-42(52)53)32-18-21-38(57-22-12-15-30-13-9-8-10-14-30)36(23-32)48-41(51)26-40-45(54)49(27-46(3,4)28-58-29(2)50)37-20-19-33(47)25-35(37)43(59-40)34-16-11-17-39(55-5)44(34)56-6/h8-11,13-14,16-21,23,25,31,40,43H,7,12,15,22,24,26-28H2,1-6H3,(H,48,51)(H,52,53)/t31?,40-,43-/m1/s1. The summed E-state index contributed by atoms with van der Waals surface area (Å²) in [5.41, 5.74) is 3.10. The Kier molecular flexibility index (Phi) is 15.4. The molecule has 1 unspecified atom stereocenters. The van der Waals surface area contributed by atoms with Crippen LogP contribution < -0.4 is 24.4 Å². The normalized spacial score (nSPS) is 15.7. The van der Waals surface area contributed by atoms with Gasteiger partial charge in [-0.1, -0.05) is 80.9 Å². The molecule has 0 radical (unpaired) electrons. The van der Waals surface area contributed by atoms with Crippen LogP contribution in [-0.2, 0) is 35.1 Å². The average Bonchev–Trinajstić information content (AvgIpc) is 3.31. The Morgan fingerprint density at radius 3 is 2.39 bits per heavy atom. The van der Waals surface area contributed by atoms with Crippen molar-refractivity contribution in [3.63, 3.8) is 0 Å². The Bertz CT molecular complexity index is 2110. The number of halogens is 1. The molecule has 59 heavy (non-hydrogen) atoms. The van der Waals surface area contributed by atoms with E-state index in [2.05, 4.69) is 17.4 Å². The van der Waals surface area contributed by atoms with E-state index in [-0.39, 0.29) is 25.5 Å². The molecular weight excluding hydrogens is 776 g/mol. The lowest BCUT2D eigenvalue weighted by Crippen LogP contribution is -2.46. The van der Waals surface area contributed by atoms with Gasteiger partial charge in [0.2, 0.25) is 5.91 Å². The number of benzene rings is 4. The maximum absolute atomic E-state index is 14.8. The smallest absolute Gasteiger partial charge is 0.303 e. The van der Waals surface area contributed by atoms with Gasteiger partial charge in [0, 0.05) is 40.7 Å². The van der Waals surface area contributed by atoms with Gasteiger partial charge in [-0.05, 0) is 72.7 Å². The maximum atomic E-state index is 14.8. The van der Waals surface area contributed by atoms with E-state index in [0.717, 1.165) is 12.0 Å². The van der Waals surface area contributed by atoms with Crippen LogP contribution in [0, 0.1) is 5.41 Å². The van der Waals surface area contributed by atoms with Crippen molar-refractivity contribution < 1.29 is 48.0 Å². The lowest BCUT2D eigenvalue weighted by molar-refractivity contribution is -0.144. The summed E-state index contributed by atoms with van der Waals surface area (Å²) in [5.74, 6) is -1.51. The van der Waals surface area contributed by atoms with E-state index in [9.17, 15) is 24.3 Å². The molecule has 4 aromatic rings. The number of aliphatic carboxylic acids is 1. The molecule has 12 nitrogen and oxygen atoms in total. The molecule has 3 atom stereocenters. The van der Waals surface area contributed by atoms with Gasteiger partial charge in [-0.3, -0.25) is 19.2 Å². The number of carboxylic acid groups (broad SMARTS) is 1. The van der Waals surface area contributed by atoms with Crippen LogP contribution in [0.4, 0.5) is 11.4 Å². The van der Waals surface area contributed by atoms with Gasteiger partial charge < -0.3 is 39.0 Å². The number of hydrogen-bond acceptors (Lipinski definition) is 9. The molecule has 0 bridgehead atoms. The average molecular weight is 829 g/mol. The number of carbonyl (C=O) groups is 4. The molecular formula is C46H53ClN2O10. The van der Waals surface area contributed by atoms with Gasteiger partial charge in [0.05, 0.1) is 46.0 Å². The number of amides is 2. The van der Waals surface area contributed by atoms with Crippen LogP contribution in [0.1, 0.15) is 87.7 Å². The predicted octanol–water partition coefficient (Wildman–Crippen LogP) is 8.78. The summed E-state index contributed by atoms with van der Waals surface area (Å²) >= 11 is 6.61. The lowest BCUT2D eigenvalue weighted by atomic mass is 9.92. The first-order valence-electron chi connectivity index (χ1n) is 19.7. The number of ether oxygens (including phenoxy) is 5. The van der Waals surface area contributed by atoms with Gasteiger partial charge in [-0.25, -0.2) is 0 Å². The highest BCUT2D eigenvalue weighted by Crippen LogP contribution is 2.46. The molecule has 5 rings (SSSR count). The first-order chi connectivity index (χ1) is 28.2. The number of carboxylic acids is 1. The number of nitrogens with one attached hydrogen (secondary N) is 1. The highest BCUT2D eigenvalue weighted by Gasteiger charge is 2.41. The minimum atomic E-state index is -1.33. The summed E-state index contributed by atoms with van der Waals surface area (Å²) in [6.07, 6.45) is -0.720. The molecule has 0 aliphatic carbocycles. The predicted molar refractivity (Wildman–Crippen MR) is 226 cm³/mol. The largest absolute Gasteiger partial charge is 0.493 e. The highest BCUT2D eigenvalue weighted by molar-refractivity contribution is 6.30. The highest BCUT2D eigenvalue weighted by atomic mass is 35.5. The number of carbonyl (C=O) groups excluding carboxylic acids is 3. The van der Waals surface area contributed by atoms with Gasteiger partial charge >= 0.3 is 11.9 Å². The van der Waals surface area contributed by atoms with E-state index in [4.69, 9.17) is 35.3 Å². The first kappa shape index (κ1) is 44.5. The van der Waals surface area contributed by atoms with E-state index in [1.165, 1.54) is 26.7 Å². The molecule has 2 amide bonds. The van der Waals surface area contributed by atoms with Crippen LogP contribution in [0.5, 0.6) is 17.2 Å². The third-order valence-electron chi connectivity index (χ3n) is 10.1. The molecule has 0 fully saturated rings. The number of aryl methyl sites for hydroxylation is 1. The fourth-order valence-corrected chi connectivity index (χ4v) is 7.38. The van der Waals surface area contributed by atoms with Crippen molar-refractivity contribution in [2.24, 2.45) is 5.41 Å². The molecule has 1 aliphatic rings. The summed E-state index contributed by atoms with van der Waals surface area (Å²) in [4.78, 5) is 54.2. The quantitative estimate of drug-likeness (QED) is 0.0694. The number of methoxy groups -OCH3 is 2. The molecule has 314 valence electrons. The Balaban J connectivity index is 1.52. The molecule has 0 aromatic heterocycles. The van der Waals surface area contributed by atoms with E-state index >= 15 is 0 Å². The number of anilines is 2. The van der Waals surface area contributed by atoms with Crippen LogP contribution in [0.25, 0.3) is 0 Å². The van der Waals surface area contributed by atoms with Crippen molar-refractivity contribution in [2.45, 2.75) is 77.9 Å². The van der Waals surface area contributed by atoms with Gasteiger partial charge in [-0.15, -0.1) is 0 Å². The summed E-state index contributed by atoms with van der Waals surface area (Å²) in [6.45, 7) is 7.46. The zero-order valence-electron chi connectivity index (χ0n) is 34.4. The van der Waals surface area contributed by atoms with Gasteiger partial charge in [-0.2, -0.15) is 0 Å². The van der Waals surface area contributed by atoms with Crippen LogP contribution in [0.15, 0.2) is 84.9 Å². The van der Waals surface area contributed by atoms with E-state index in [0.29, 0.717) is 64.2 Å². The number of para-hydroxylation sites is 1. The number of esters is 1. The Morgan fingerprint density at radius 1 is 0.949 bits per heavy atom. The van der Waals surface area contributed by atoms with Crippen LogP contribution in [0.3, 0.4) is 0 Å². The third kappa shape index (κ3) is 11.8. The van der Waals surface area contributed by atoms with Gasteiger partial charge in [0.1, 0.15) is 18.0 Å². The maximum Gasteiger partial charge on any atom is 0.303 e. The minimum absolute atomic E-state index is 0.0271. The van der Waals surface area contributed by atoms with Crippen molar-refractivity contribution >= 4 is 46.7 Å². The number of fused-ring (bicyclic) bond motifs is 1. The van der Waals surface area contributed by atoms with Crippen molar-refractivity contribution in [2.75, 3.05) is 44.2 Å². The Labute approximate surface area is 350 Å². The van der Waals surface area contributed by atoms with Crippen molar-refractivity contribution in [3.8, 4) is 17.2 Å². The van der Waals surface area contributed by atoms with Crippen LogP contribution in [0.2, 0.25) is 5.02 Å². The molecule has 1 heterocycles. The van der Waals surface area contributed by atoms with Crippen molar-refractivity contribution in [1.82, 2.24) is 0 Å². The number of nitrogens with zero attached hydrogens (tertiary/aromatic N) is 1. The van der Waals surface area contributed by atoms with Gasteiger partial charge in [0.15, 0.2) is 11.5 Å². The molecule has 13 heteroatoms. The molecule has 2 N–H and O–H groups in total. The monoisotopic (exact) mass is 828 g/mol. The summed E-state index contributed by atoms with van der Waals surface area (Å²) < 4.78 is 29.8. The molecule has 4 aromatic carbocycles. The fraction of sp³-hybridized carbons (Fsp3) is 0.391. The van der Waals surface area contributed by atoms with Crippen molar-refractivity contribution in [3.05, 3.63) is 112 Å². The van der Waals surface area contributed by atoms with Crippen LogP contribution in [-0.4, -0.2) is 68.9 Å². The Morgan fingerprint density at radius 2 is 1.71 bits per heavy atom. The molecule has 1 aliphatic heterocycles. The zero-order chi connectivity index (χ0) is 42.7. The summed E-state index contributed by atoms with van der Waals surface area (Å²) in [6, 6.07) is 25.8. The minimum Gasteiger partial charge on any atom is -0.493 e.